The van der Waals surface area contributed by atoms with Crippen molar-refractivity contribution in [2.24, 2.45) is 5.73 Å². The number of halogens is 3. The summed E-state index contributed by atoms with van der Waals surface area (Å²) in [6, 6.07) is 2.50. The van der Waals surface area contributed by atoms with Gasteiger partial charge in [0.05, 0.1) is 0 Å². The lowest BCUT2D eigenvalue weighted by atomic mass is 10.2. The fourth-order valence-corrected chi connectivity index (χ4v) is 1.00. The molecule has 0 radical (unpaired) electrons. The number of nitrogens with two attached hydrogens (primary N) is 1. The van der Waals surface area contributed by atoms with Gasteiger partial charge < -0.3 is 5.73 Å². The molecule has 1 aromatic rings. The van der Waals surface area contributed by atoms with Gasteiger partial charge in [-0.25, -0.2) is 4.98 Å². The summed E-state index contributed by atoms with van der Waals surface area (Å²) in [5, 5.41) is 0. The summed E-state index contributed by atoms with van der Waals surface area (Å²) < 4.78 is 36.5. The minimum Gasteiger partial charge on any atom is -0.326 e. The second-order valence-corrected chi connectivity index (χ2v) is 3.70. The van der Waals surface area contributed by atoms with Gasteiger partial charge in [0.15, 0.2) is 0 Å². The first-order chi connectivity index (χ1) is 9.85. The average Bonchev–Trinajstić information content (AvgIpc) is 2.50. The zero-order valence-electron chi connectivity index (χ0n) is 14.4. The first kappa shape index (κ1) is 24.9. The van der Waals surface area contributed by atoms with Gasteiger partial charge in [0.1, 0.15) is 5.69 Å². The first-order valence-electron chi connectivity index (χ1n) is 7.59. The molecule has 0 aromatic carbocycles. The highest BCUT2D eigenvalue weighted by Gasteiger charge is 2.32. The van der Waals surface area contributed by atoms with Crippen molar-refractivity contribution in [1.82, 2.24) is 4.98 Å². The molecule has 5 heteroatoms. The maximum absolute atomic E-state index is 12.2. The molecule has 0 amide bonds. The summed E-state index contributed by atoms with van der Waals surface area (Å²) in [7, 11) is 0. The van der Waals surface area contributed by atoms with Gasteiger partial charge in [-0.1, -0.05) is 54.4 Å². The van der Waals surface area contributed by atoms with Crippen LogP contribution in [0.5, 0.6) is 0 Å². The van der Waals surface area contributed by atoms with Crippen molar-refractivity contribution < 1.29 is 13.2 Å². The number of hydrogen-bond donors (Lipinski definition) is 1. The lowest BCUT2D eigenvalue weighted by Crippen LogP contribution is -2.10. The molecule has 126 valence electrons. The topological polar surface area (TPSA) is 38.9 Å². The van der Waals surface area contributed by atoms with Crippen molar-refractivity contribution in [3.05, 3.63) is 29.1 Å². The zero-order chi connectivity index (χ0) is 17.5. The molecule has 2 N–H and O–H groups in total. The van der Waals surface area contributed by atoms with E-state index in [1.54, 1.807) is 0 Å². The van der Waals surface area contributed by atoms with Crippen LogP contribution in [0.2, 0.25) is 0 Å². The molecular weight excluding hydrogens is 277 g/mol. The Kier molecular flexibility index (Phi) is 18.1. The van der Waals surface area contributed by atoms with Crippen molar-refractivity contribution in [3.63, 3.8) is 0 Å². The molecule has 0 aliphatic carbocycles. The Morgan fingerprint density at radius 2 is 1.43 bits per heavy atom. The van der Waals surface area contributed by atoms with Crippen molar-refractivity contribution >= 4 is 0 Å². The van der Waals surface area contributed by atoms with Crippen molar-refractivity contribution in [2.45, 2.75) is 74.0 Å². The van der Waals surface area contributed by atoms with Gasteiger partial charge in [0.25, 0.3) is 0 Å². The van der Waals surface area contributed by atoms with E-state index >= 15 is 0 Å². The average molecular weight is 308 g/mol. The molecule has 0 fully saturated rings. The SMILES string of the molecule is CC.CC.CCCC.Cc1cc(CN)cc(C(F)(F)F)n1. The van der Waals surface area contributed by atoms with E-state index in [1.165, 1.54) is 25.8 Å². The third-order valence-electron chi connectivity index (χ3n) is 2.04. The largest absolute Gasteiger partial charge is 0.433 e. The predicted molar refractivity (Wildman–Crippen MR) is 85.1 cm³/mol. The monoisotopic (exact) mass is 308 g/mol. The Morgan fingerprint density at radius 3 is 1.71 bits per heavy atom. The second-order valence-electron chi connectivity index (χ2n) is 3.70. The Morgan fingerprint density at radius 1 is 1.00 bits per heavy atom. The summed E-state index contributed by atoms with van der Waals surface area (Å²) in [6.07, 6.45) is -1.75. The van der Waals surface area contributed by atoms with Gasteiger partial charge in [-0.15, -0.1) is 0 Å². The number of aryl methyl sites for hydroxylation is 1. The van der Waals surface area contributed by atoms with E-state index in [4.69, 9.17) is 5.73 Å². The molecule has 0 atom stereocenters. The smallest absolute Gasteiger partial charge is 0.326 e. The number of hydrogen-bond acceptors (Lipinski definition) is 2. The van der Waals surface area contributed by atoms with E-state index in [1.807, 2.05) is 27.7 Å². The van der Waals surface area contributed by atoms with E-state index in [-0.39, 0.29) is 6.54 Å². The van der Waals surface area contributed by atoms with Crippen molar-refractivity contribution in [3.8, 4) is 0 Å². The zero-order valence-corrected chi connectivity index (χ0v) is 14.4. The van der Waals surface area contributed by atoms with Crippen LogP contribution in [0.25, 0.3) is 0 Å². The highest BCUT2D eigenvalue weighted by molar-refractivity contribution is 5.22. The summed E-state index contributed by atoms with van der Waals surface area (Å²) in [5.74, 6) is 0. The van der Waals surface area contributed by atoms with Crippen LogP contribution >= 0.6 is 0 Å². The maximum atomic E-state index is 12.2. The Hall–Kier alpha value is -1.10. The van der Waals surface area contributed by atoms with Crippen LogP contribution < -0.4 is 5.73 Å². The van der Waals surface area contributed by atoms with Crippen LogP contribution in [0.3, 0.4) is 0 Å². The fraction of sp³-hybridized carbons (Fsp3) is 0.688. The molecule has 0 aliphatic rings. The normalized spacial score (nSPS) is 9.29. The predicted octanol–water partition coefficient (Wildman–Crippen LogP) is 5.73. The van der Waals surface area contributed by atoms with E-state index in [9.17, 15) is 13.2 Å². The molecule has 0 unspecified atom stereocenters. The van der Waals surface area contributed by atoms with Crippen LogP contribution in [-0.4, -0.2) is 4.98 Å². The van der Waals surface area contributed by atoms with Gasteiger partial charge >= 0.3 is 6.18 Å². The summed E-state index contributed by atoms with van der Waals surface area (Å²) >= 11 is 0. The molecule has 0 bridgehead atoms. The summed E-state index contributed by atoms with van der Waals surface area (Å²) in [6.45, 7) is 14.0. The quantitative estimate of drug-likeness (QED) is 0.758. The molecule has 1 rings (SSSR count). The van der Waals surface area contributed by atoms with Gasteiger partial charge in [-0.2, -0.15) is 13.2 Å². The standard InChI is InChI=1S/C8H9F3N2.C4H10.2C2H6/c1-5-2-6(4-12)3-7(13-5)8(9,10)11;1-3-4-2;2*1-2/h2-3H,4,12H2,1H3;3-4H2,1-2H3;2*1-2H3. The van der Waals surface area contributed by atoms with Crippen LogP contribution in [0.1, 0.15) is 71.3 Å². The van der Waals surface area contributed by atoms with E-state index in [0.29, 0.717) is 11.3 Å². The minimum absolute atomic E-state index is 0.0897. The summed E-state index contributed by atoms with van der Waals surface area (Å²) in [4.78, 5) is 3.37. The number of unbranched alkanes of at least 4 members (excludes halogenated alkanes) is 1. The molecule has 1 heterocycles. The van der Waals surface area contributed by atoms with Crippen LogP contribution in [-0.2, 0) is 12.7 Å². The molecule has 0 aliphatic heterocycles. The van der Waals surface area contributed by atoms with Crippen LogP contribution in [0.15, 0.2) is 12.1 Å². The fourth-order valence-electron chi connectivity index (χ4n) is 1.00. The Bertz CT molecular complexity index is 335. The van der Waals surface area contributed by atoms with Crippen molar-refractivity contribution in [1.29, 1.82) is 0 Å². The highest BCUT2D eigenvalue weighted by atomic mass is 19.4. The number of aromatic nitrogens is 1. The minimum atomic E-state index is -4.39. The maximum Gasteiger partial charge on any atom is 0.433 e. The Labute approximate surface area is 128 Å². The molecule has 2 nitrogen and oxygen atoms in total. The number of pyridine rings is 1. The summed E-state index contributed by atoms with van der Waals surface area (Å²) in [5.41, 5.74) is 5.13. The van der Waals surface area contributed by atoms with E-state index < -0.39 is 11.9 Å². The van der Waals surface area contributed by atoms with Crippen molar-refractivity contribution in [2.75, 3.05) is 0 Å². The molecule has 0 saturated carbocycles. The number of nitrogens with zero attached hydrogens (tertiary/aromatic N) is 1. The van der Waals surface area contributed by atoms with Gasteiger partial charge in [0.2, 0.25) is 0 Å². The molecule has 1 aromatic heterocycles. The van der Waals surface area contributed by atoms with Gasteiger partial charge in [0, 0.05) is 12.2 Å². The lowest BCUT2D eigenvalue weighted by Gasteiger charge is -2.08. The van der Waals surface area contributed by atoms with E-state index in [0.717, 1.165) is 6.07 Å². The van der Waals surface area contributed by atoms with Gasteiger partial charge in [-0.05, 0) is 24.6 Å². The molecule has 0 saturated heterocycles. The highest BCUT2D eigenvalue weighted by Crippen LogP contribution is 2.28. The Balaban J connectivity index is -0.000000343. The van der Waals surface area contributed by atoms with Crippen LogP contribution in [0.4, 0.5) is 13.2 Å². The third kappa shape index (κ3) is 13.6. The van der Waals surface area contributed by atoms with Gasteiger partial charge in [-0.3, -0.25) is 0 Å². The lowest BCUT2D eigenvalue weighted by molar-refractivity contribution is -0.141. The van der Waals surface area contributed by atoms with Crippen LogP contribution in [0, 0.1) is 6.92 Å². The molecular formula is C16H31F3N2. The first-order valence-corrected chi connectivity index (χ1v) is 7.59. The van der Waals surface area contributed by atoms with E-state index in [2.05, 4.69) is 18.8 Å². The third-order valence-corrected chi connectivity index (χ3v) is 2.04. The second kappa shape index (κ2) is 15.3. The number of alkyl halides is 3. The molecule has 21 heavy (non-hydrogen) atoms. The molecule has 0 spiro atoms. The number of rotatable bonds is 2.